The molecule has 0 rings (SSSR count). The Morgan fingerprint density at radius 2 is 1.00 bits per heavy atom. The second-order valence-corrected chi connectivity index (χ2v) is 27.0. The van der Waals surface area contributed by atoms with E-state index in [0.29, 0.717) is 0 Å². The van der Waals surface area contributed by atoms with Gasteiger partial charge in [-0.3, -0.25) is 0 Å². The first kappa shape index (κ1) is 20.3. The second-order valence-electron chi connectivity index (χ2n) is 10.4. The summed E-state index contributed by atoms with van der Waals surface area (Å²) in [5.41, 5.74) is 1.12. The summed E-state index contributed by atoms with van der Waals surface area (Å²) in [6.45, 7) is 26.9. The van der Waals surface area contributed by atoms with Gasteiger partial charge in [-0.05, 0) is 0 Å². The van der Waals surface area contributed by atoms with E-state index in [9.17, 15) is 0 Å². The molecule has 0 radical (unpaired) electrons. The van der Waals surface area contributed by atoms with Gasteiger partial charge in [0.1, 0.15) is 0 Å². The molecular weight excluding hydrogens is 291 g/mol. The third-order valence-corrected chi connectivity index (χ3v) is 9.97. The zero-order valence-corrected chi connectivity index (χ0v) is 18.8. The predicted octanol–water partition coefficient (Wildman–Crippen LogP) is 5.77. The van der Waals surface area contributed by atoms with Crippen LogP contribution >= 0.6 is 0 Å². The van der Waals surface area contributed by atoms with Crippen molar-refractivity contribution in [3.8, 4) is 0 Å². The number of hydrogen-bond acceptors (Lipinski definition) is 1. The van der Waals surface area contributed by atoms with Gasteiger partial charge < -0.3 is 4.74 Å². The molecule has 0 spiro atoms. The number of hydrogen-bond donors (Lipinski definition) is 0. The van der Waals surface area contributed by atoms with Crippen LogP contribution in [0.25, 0.3) is 0 Å². The largest absolute Gasteiger partial charge is 0.543 e. The van der Waals surface area contributed by atoms with Crippen LogP contribution in [0.3, 0.4) is 0 Å². The van der Waals surface area contributed by atoms with Gasteiger partial charge >= 0.3 is 0 Å². The summed E-state index contributed by atoms with van der Waals surface area (Å²) < 4.78 is 5.75. The van der Waals surface area contributed by atoms with Gasteiger partial charge in [-0.1, -0.05) is 64.6 Å². The van der Waals surface area contributed by atoms with Crippen LogP contribution in [0.5, 0.6) is 0 Å². The van der Waals surface area contributed by atoms with Gasteiger partial charge in [0.2, 0.25) is 0 Å². The molecule has 0 aromatic rings. The first-order valence-electron chi connectivity index (χ1n) is 8.04. The predicted molar refractivity (Wildman–Crippen MR) is 106 cm³/mol. The van der Waals surface area contributed by atoms with Crippen LogP contribution in [0.4, 0.5) is 0 Å². The van der Waals surface area contributed by atoms with Gasteiger partial charge in [-0.25, -0.2) is 0 Å². The average Bonchev–Trinajstić information content (AvgIpc) is 2.07. The first-order valence-corrected chi connectivity index (χ1v) is 19.2. The van der Waals surface area contributed by atoms with E-state index in [4.69, 9.17) is 4.74 Å². The fraction of sp³-hybridized carbons (Fsp3) is 0.867. The van der Waals surface area contributed by atoms with E-state index < -0.39 is 30.4 Å². The molecule has 0 atom stereocenters. The summed E-state index contributed by atoms with van der Waals surface area (Å²) in [4.78, 5) is 0. The SMILES string of the molecule is C=C(OC)[B-](C[Si](C)(C)C)(C[Si](C)(C)C)C[Si](C)(C)C. The summed E-state index contributed by atoms with van der Waals surface area (Å²) in [5.74, 6) is 4.15. The molecule has 0 aliphatic carbocycles. The molecule has 0 aliphatic heterocycles. The molecule has 0 amide bonds. The Kier molecular flexibility index (Phi) is 6.65. The molecule has 0 N–H and O–H groups in total. The molecule has 0 aromatic heterocycles. The van der Waals surface area contributed by atoms with Crippen molar-refractivity contribution in [1.82, 2.24) is 0 Å². The van der Waals surface area contributed by atoms with Crippen molar-refractivity contribution < 1.29 is 4.74 Å². The van der Waals surface area contributed by atoms with Crippen molar-refractivity contribution in [1.29, 1.82) is 0 Å². The lowest BCUT2D eigenvalue weighted by molar-refractivity contribution is 0.317. The van der Waals surface area contributed by atoms with Gasteiger partial charge in [0.25, 0.3) is 0 Å². The number of rotatable bonds is 8. The molecule has 0 bridgehead atoms. The molecule has 0 saturated carbocycles. The van der Waals surface area contributed by atoms with E-state index in [1.165, 1.54) is 17.8 Å². The maximum atomic E-state index is 5.75. The lowest BCUT2D eigenvalue weighted by Gasteiger charge is -2.50. The molecular formula is C15H38BOSi3-. The van der Waals surface area contributed by atoms with Crippen molar-refractivity contribution in [3.05, 3.63) is 12.2 Å². The minimum atomic E-state index is -1.14. The Labute approximate surface area is 131 Å². The van der Waals surface area contributed by atoms with Crippen LogP contribution in [0.1, 0.15) is 0 Å². The van der Waals surface area contributed by atoms with E-state index >= 15 is 0 Å². The summed E-state index contributed by atoms with van der Waals surface area (Å²) in [7, 11) is -1.59. The third kappa shape index (κ3) is 7.89. The van der Waals surface area contributed by atoms with E-state index in [0.717, 1.165) is 5.66 Å². The Hall–Kier alpha value is 0.256. The standard InChI is InChI=1S/C15H38BOSi3/c1-15(17-2)16(12-18(3,4)5,13-19(6,7)8)14-20(9,10)11/h1,12-14H2,2-11H3/q-1. The minimum Gasteiger partial charge on any atom is -0.543 e. The van der Waals surface area contributed by atoms with Crippen molar-refractivity contribution in [2.45, 2.75) is 76.8 Å². The summed E-state index contributed by atoms with van der Waals surface area (Å²) in [6.07, 6.45) is -0.565. The maximum absolute atomic E-state index is 5.75. The Balaban J connectivity index is 5.70. The third-order valence-electron chi connectivity index (χ3n) is 3.95. The first-order chi connectivity index (χ1) is 8.60. The maximum Gasteiger partial charge on any atom is 0.0717 e. The quantitative estimate of drug-likeness (QED) is 0.406. The topological polar surface area (TPSA) is 9.23 Å². The van der Waals surface area contributed by atoms with Crippen LogP contribution in [0.15, 0.2) is 12.2 Å². The van der Waals surface area contributed by atoms with Crippen LogP contribution in [-0.4, -0.2) is 37.5 Å². The molecule has 1 nitrogen and oxygen atoms in total. The Bertz CT molecular complexity index is 294. The second kappa shape index (κ2) is 6.57. The lowest BCUT2D eigenvalue weighted by atomic mass is 9.28. The fourth-order valence-electron chi connectivity index (χ4n) is 4.32. The van der Waals surface area contributed by atoms with Gasteiger partial charge in [-0.15, -0.1) is 6.58 Å². The van der Waals surface area contributed by atoms with Crippen LogP contribution < -0.4 is 0 Å². The molecule has 0 unspecified atom stereocenters. The molecule has 0 saturated heterocycles. The molecule has 0 aliphatic rings. The average molecular weight is 330 g/mol. The summed E-state index contributed by atoms with van der Waals surface area (Å²) >= 11 is 0. The number of ether oxygens (including phenoxy) is 1. The van der Waals surface area contributed by atoms with E-state index in [-0.39, 0.29) is 0 Å². The van der Waals surface area contributed by atoms with Crippen LogP contribution in [0.2, 0.25) is 76.8 Å². The summed E-state index contributed by atoms with van der Waals surface area (Å²) in [5, 5.41) is 0. The molecule has 5 heteroatoms. The van der Waals surface area contributed by atoms with Crippen molar-refractivity contribution in [3.63, 3.8) is 0 Å². The molecule has 0 aromatic carbocycles. The van der Waals surface area contributed by atoms with Crippen molar-refractivity contribution in [2.24, 2.45) is 0 Å². The lowest BCUT2D eigenvalue weighted by Crippen LogP contribution is -2.53. The number of methoxy groups -OCH3 is 1. The highest BCUT2D eigenvalue weighted by Crippen LogP contribution is 2.39. The van der Waals surface area contributed by atoms with Crippen molar-refractivity contribution in [2.75, 3.05) is 7.11 Å². The fourth-order valence-corrected chi connectivity index (χ4v) is 13.8. The van der Waals surface area contributed by atoms with Gasteiger partial charge in [0.05, 0.1) is 13.3 Å². The monoisotopic (exact) mass is 329 g/mol. The highest BCUT2D eigenvalue weighted by atomic mass is 28.3. The van der Waals surface area contributed by atoms with Gasteiger partial charge in [-0.2, -0.15) is 17.8 Å². The smallest absolute Gasteiger partial charge is 0.0717 e. The zero-order chi connectivity index (χ0) is 16.4. The van der Waals surface area contributed by atoms with Gasteiger partial charge in [0.15, 0.2) is 0 Å². The molecule has 120 valence electrons. The molecule has 0 heterocycles. The normalized spacial score (nSPS) is 14.3. The van der Waals surface area contributed by atoms with Crippen molar-refractivity contribution >= 4 is 30.4 Å². The zero-order valence-electron chi connectivity index (χ0n) is 15.8. The van der Waals surface area contributed by atoms with Gasteiger partial charge in [0, 0.05) is 24.2 Å². The van der Waals surface area contributed by atoms with Crippen LogP contribution in [0, 0.1) is 0 Å². The minimum absolute atomic E-state index is 0.565. The highest BCUT2D eigenvalue weighted by Gasteiger charge is 2.39. The summed E-state index contributed by atoms with van der Waals surface area (Å²) in [6, 6.07) is 0. The van der Waals surface area contributed by atoms with E-state index in [1.54, 1.807) is 0 Å². The Morgan fingerprint density at radius 1 is 0.750 bits per heavy atom. The molecule has 20 heavy (non-hydrogen) atoms. The van der Waals surface area contributed by atoms with Crippen LogP contribution in [-0.2, 0) is 4.74 Å². The molecule has 0 fully saturated rings. The Morgan fingerprint density at radius 3 is 1.15 bits per heavy atom. The van der Waals surface area contributed by atoms with E-state index in [2.05, 4.69) is 65.5 Å². The van der Waals surface area contributed by atoms with E-state index in [1.807, 2.05) is 7.11 Å². The highest BCUT2D eigenvalue weighted by molar-refractivity contribution is 7.10.